The Hall–Kier alpha value is -0.580. The lowest BCUT2D eigenvalue weighted by atomic mass is 9.78. The van der Waals surface area contributed by atoms with Crippen molar-refractivity contribution < 1.29 is 0 Å². The molecule has 0 atom stereocenters. The maximum atomic E-state index is 6.28. The summed E-state index contributed by atoms with van der Waals surface area (Å²) in [6.45, 7) is 5.71. The molecule has 0 saturated carbocycles. The maximum Gasteiger partial charge on any atom is 0.0891 e. The molecule has 0 aliphatic carbocycles. The Bertz CT molecular complexity index is 686. The fourth-order valence-corrected chi connectivity index (χ4v) is 4.22. The van der Waals surface area contributed by atoms with Gasteiger partial charge in [-0.1, -0.05) is 29.8 Å². The highest BCUT2D eigenvalue weighted by Gasteiger charge is 2.38. The fourth-order valence-electron chi connectivity index (χ4n) is 4.00. The Morgan fingerprint density at radius 2 is 1.88 bits per heavy atom. The Morgan fingerprint density at radius 3 is 2.67 bits per heavy atom. The van der Waals surface area contributed by atoms with Gasteiger partial charge in [0.15, 0.2) is 0 Å². The van der Waals surface area contributed by atoms with Crippen molar-refractivity contribution in [1.82, 2.24) is 15.2 Å². The van der Waals surface area contributed by atoms with Gasteiger partial charge in [-0.05, 0) is 56.4 Å². The molecule has 2 saturated heterocycles. The normalized spacial score (nSPS) is 19.9. The van der Waals surface area contributed by atoms with E-state index in [1.807, 2.05) is 12.1 Å². The van der Waals surface area contributed by atoms with Gasteiger partial charge in [-0.25, -0.2) is 4.98 Å². The number of aromatic nitrogens is 1. The van der Waals surface area contributed by atoms with Crippen molar-refractivity contribution in [2.75, 3.05) is 26.2 Å². The molecule has 4 rings (SSSR count). The maximum absolute atomic E-state index is 6.28. The summed E-state index contributed by atoms with van der Waals surface area (Å²) in [5.74, 6) is 0. The lowest BCUT2D eigenvalue weighted by molar-refractivity contribution is 0.193. The van der Waals surface area contributed by atoms with Gasteiger partial charge in [0, 0.05) is 18.5 Å². The molecule has 2 aromatic rings. The third kappa shape index (κ3) is 3.97. The Balaban J connectivity index is 0.00000104. The second-order valence-electron chi connectivity index (χ2n) is 6.82. The van der Waals surface area contributed by atoms with E-state index >= 15 is 0 Å². The highest BCUT2D eigenvalue weighted by atomic mass is 35.5. The monoisotopic (exact) mass is 387 g/mol. The van der Waals surface area contributed by atoms with Crippen LogP contribution in [0.3, 0.4) is 0 Å². The largest absolute Gasteiger partial charge is 0.317 e. The minimum Gasteiger partial charge on any atom is -0.317 e. The van der Waals surface area contributed by atoms with Gasteiger partial charge in [0.05, 0.1) is 16.2 Å². The van der Waals surface area contributed by atoms with Crippen LogP contribution in [0.2, 0.25) is 5.02 Å². The highest BCUT2D eigenvalue weighted by molar-refractivity contribution is 6.35. The van der Waals surface area contributed by atoms with Gasteiger partial charge in [-0.3, -0.25) is 4.90 Å². The van der Waals surface area contributed by atoms with Crippen molar-refractivity contribution in [3.8, 4) is 0 Å². The second-order valence-corrected chi connectivity index (χ2v) is 7.23. The van der Waals surface area contributed by atoms with E-state index in [2.05, 4.69) is 28.4 Å². The summed E-state index contributed by atoms with van der Waals surface area (Å²) in [4.78, 5) is 7.35. The van der Waals surface area contributed by atoms with Gasteiger partial charge in [-0.2, -0.15) is 0 Å². The van der Waals surface area contributed by atoms with Crippen LogP contribution in [0, 0.1) is 5.41 Å². The predicted octanol–water partition coefficient (Wildman–Crippen LogP) is 4.31. The molecule has 2 fully saturated rings. The first-order valence-electron chi connectivity index (χ1n) is 8.21. The molecule has 24 heavy (non-hydrogen) atoms. The zero-order valence-electron chi connectivity index (χ0n) is 13.6. The van der Waals surface area contributed by atoms with E-state index in [0.29, 0.717) is 5.41 Å². The molecule has 2 aliphatic heterocycles. The minimum atomic E-state index is 0. The molecular weight excluding hydrogens is 365 g/mol. The van der Waals surface area contributed by atoms with Gasteiger partial charge in [0.2, 0.25) is 0 Å². The second kappa shape index (κ2) is 8.20. The number of nitrogens with one attached hydrogen (secondary N) is 1. The van der Waals surface area contributed by atoms with Gasteiger partial charge < -0.3 is 5.32 Å². The van der Waals surface area contributed by atoms with Gasteiger partial charge >= 0.3 is 0 Å². The number of hydrogen-bond acceptors (Lipinski definition) is 3. The zero-order chi connectivity index (χ0) is 15.0. The number of nitrogens with zero attached hydrogens (tertiary/aromatic N) is 2. The summed E-state index contributed by atoms with van der Waals surface area (Å²) in [5.41, 5.74) is 2.61. The molecule has 1 aromatic carbocycles. The Labute approximate surface area is 161 Å². The highest BCUT2D eigenvalue weighted by Crippen LogP contribution is 2.39. The van der Waals surface area contributed by atoms with Crippen LogP contribution in [0.1, 0.15) is 25.0 Å². The molecule has 0 amide bonds. The van der Waals surface area contributed by atoms with Crippen molar-refractivity contribution in [3.63, 3.8) is 0 Å². The molecule has 3 heterocycles. The van der Waals surface area contributed by atoms with E-state index in [4.69, 9.17) is 16.6 Å². The first-order valence-corrected chi connectivity index (χ1v) is 8.59. The van der Waals surface area contributed by atoms with Gasteiger partial charge in [0.1, 0.15) is 0 Å². The van der Waals surface area contributed by atoms with Crippen LogP contribution in [-0.2, 0) is 6.54 Å². The summed E-state index contributed by atoms with van der Waals surface area (Å²) < 4.78 is 0. The van der Waals surface area contributed by atoms with Crippen molar-refractivity contribution in [2.45, 2.75) is 25.8 Å². The first-order chi connectivity index (χ1) is 10.7. The Morgan fingerprint density at radius 1 is 1.08 bits per heavy atom. The Kier molecular flexibility index (Phi) is 6.74. The number of hydrogen-bond donors (Lipinski definition) is 1. The molecular formula is C18H24Cl3N3. The van der Waals surface area contributed by atoms with E-state index in [0.717, 1.165) is 28.2 Å². The van der Waals surface area contributed by atoms with Crippen LogP contribution in [0.15, 0.2) is 30.3 Å². The number of halogens is 3. The first kappa shape index (κ1) is 19.7. The van der Waals surface area contributed by atoms with Crippen LogP contribution in [0.25, 0.3) is 10.9 Å². The van der Waals surface area contributed by atoms with E-state index < -0.39 is 0 Å². The molecule has 6 heteroatoms. The van der Waals surface area contributed by atoms with Crippen molar-refractivity contribution in [2.24, 2.45) is 5.41 Å². The quantitative estimate of drug-likeness (QED) is 0.831. The number of pyridine rings is 1. The van der Waals surface area contributed by atoms with Gasteiger partial charge in [-0.15, -0.1) is 24.8 Å². The standard InChI is InChI=1S/C18H22ClN3.2ClH/c19-16-3-1-2-14-4-5-15(21-17(14)16)12-22-11-8-18(13-22)6-9-20-10-7-18;;/h1-5,20H,6-13H2;2*1H. The number of para-hydroxylation sites is 1. The van der Waals surface area contributed by atoms with Crippen molar-refractivity contribution in [1.29, 1.82) is 0 Å². The average Bonchev–Trinajstić information content (AvgIpc) is 2.91. The molecule has 2 aliphatic rings. The van der Waals surface area contributed by atoms with E-state index in [9.17, 15) is 0 Å². The lowest BCUT2D eigenvalue weighted by Gasteiger charge is -2.33. The number of rotatable bonds is 2. The number of piperidine rings is 1. The van der Waals surface area contributed by atoms with E-state index in [1.54, 1.807) is 0 Å². The van der Waals surface area contributed by atoms with Crippen molar-refractivity contribution >= 4 is 47.3 Å². The van der Waals surface area contributed by atoms with Crippen LogP contribution in [-0.4, -0.2) is 36.1 Å². The zero-order valence-corrected chi connectivity index (χ0v) is 16.0. The summed E-state index contributed by atoms with van der Waals surface area (Å²) in [7, 11) is 0. The minimum absolute atomic E-state index is 0. The fraction of sp³-hybridized carbons (Fsp3) is 0.500. The third-order valence-electron chi connectivity index (χ3n) is 5.30. The van der Waals surface area contributed by atoms with Crippen LogP contribution >= 0.6 is 36.4 Å². The molecule has 0 unspecified atom stereocenters. The molecule has 1 spiro atoms. The molecule has 0 radical (unpaired) electrons. The van der Waals surface area contributed by atoms with Crippen LogP contribution in [0.5, 0.6) is 0 Å². The summed E-state index contributed by atoms with van der Waals surface area (Å²) in [5, 5.41) is 5.35. The molecule has 132 valence electrons. The molecule has 1 aromatic heterocycles. The summed E-state index contributed by atoms with van der Waals surface area (Å²) in [6.07, 6.45) is 3.98. The SMILES string of the molecule is Cl.Cl.Clc1cccc2ccc(CN3CCC4(CCNCC4)C3)nc12. The number of benzene rings is 1. The van der Waals surface area contributed by atoms with Crippen LogP contribution in [0.4, 0.5) is 0 Å². The smallest absolute Gasteiger partial charge is 0.0891 e. The summed E-state index contributed by atoms with van der Waals surface area (Å²) >= 11 is 6.28. The molecule has 1 N–H and O–H groups in total. The van der Waals surface area contributed by atoms with E-state index in [1.165, 1.54) is 45.4 Å². The topological polar surface area (TPSA) is 28.2 Å². The predicted molar refractivity (Wildman–Crippen MR) is 106 cm³/mol. The average molecular weight is 389 g/mol. The van der Waals surface area contributed by atoms with E-state index in [-0.39, 0.29) is 24.8 Å². The third-order valence-corrected chi connectivity index (χ3v) is 5.60. The number of fused-ring (bicyclic) bond motifs is 1. The lowest BCUT2D eigenvalue weighted by Crippen LogP contribution is -2.38. The number of likely N-dealkylation sites (tertiary alicyclic amines) is 1. The van der Waals surface area contributed by atoms with Crippen LogP contribution < -0.4 is 5.32 Å². The van der Waals surface area contributed by atoms with Gasteiger partial charge in [0.25, 0.3) is 0 Å². The molecule has 0 bridgehead atoms. The summed E-state index contributed by atoms with van der Waals surface area (Å²) in [6, 6.07) is 10.2. The molecule has 3 nitrogen and oxygen atoms in total. The van der Waals surface area contributed by atoms with Crippen molar-refractivity contribution in [3.05, 3.63) is 41.0 Å².